The van der Waals surface area contributed by atoms with Crippen molar-refractivity contribution in [2.45, 2.75) is 63.5 Å². The summed E-state index contributed by atoms with van der Waals surface area (Å²) in [6.07, 6.45) is 10.1. The van der Waals surface area contributed by atoms with E-state index in [1.165, 1.54) is 45.6 Å². The van der Waals surface area contributed by atoms with Gasteiger partial charge in [0, 0.05) is 6.04 Å². The molecule has 0 amide bonds. The van der Waals surface area contributed by atoms with Crippen molar-refractivity contribution in [3.05, 3.63) is 0 Å². The fourth-order valence-corrected chi connectivity index (χ4v) is 3.20. The van der Waals surface area contributed by atoms with E-state index in [0.29, 0.717) is 6.04 Å². The van der Waals surface area contributed by atoms with Crippen LogP contribution in [-0.4, -0.2) is 36.6 Å². The molecule has 1 saturated carbocycles. The van der Waals surface area contributed by atoms with Gasteiger partial charge >= 0.3 is 5.97 Å². The first-order chi connectivity index (χ1) is 7.83. The van der Waals surface area contributed by atoms with E-state index in [9.17, 15) is 4.79 Å². The lowest BCUT2D eigenvalue weighted by atomic mass is 10.1. The van der Waals surface area contributed by atoms with Gasteiger partial charge in [0.05, 0.1) is 7.11 Å². The summed E-state index contributed by atoms with van der Waals surface area (Å²) < 4.78 is 4.91. The lowest BCUT2D eigenvalue weighted by Gasteiger charge is -2.30. The second-order valence-corrected chi connectivity index (χ2v) is 5.06. The van der Waals surface area contributed by atoms with Crippen molar-refractivity contribution in [1.29, 1.82) is 0 Å². The Bertz CT molecular complexity index is 234. The van der Waals surface area contributed by atoms with Crippen molar-refractivity contribution in [2.75, 3.05) is 13.7 Å². The molecule has 0 unspecified atom stereocenters. The summed E-state index contributed by atoms with van der Waals surface area (Å²) in [6.45, 7) is 1.09. The molecule has 92 valence electrons. The number of carbonyl (C=O) groups is 1. The molecule has 0 N–H and O–H groups in total. The molecule has 0 spiro atoms. The molecule has 1 atom stereocenters. The Morgan fingerprint density at radius 3 is 2.38 bits per heavy atom. The van der Waals surface area contributed by atoms with E-state index in [1.807, 2.05) is 0 Å². The van der Waals surface area contributed by atoms with Gasteiger partial charge in [0.25, 0.3) is 0 Å². The molecule has 0 bridgehead atoms. The van der Waals surface area contributed by atoms with Crippen LogP contribution < -0.4 is 0 Å². The summed E-state index contributed by atoms with van der Waals surface area (Å²) in [5.74, 6) is -0.0262. The Morgan fingerprint density at radius 1 is 1.06 bits per heavy atom. The first-order valence-corrected chi connectivity index (χ1v) is 6.66. The molecule has 3 heteroatoms. The summed E-state index contributed by atoms with van der Waals surface area (Å²) in [5, 5.41) is 0. The van der Waals surface area contributed by atoms with Gasteiger partial charge in [-0.25, -0.2) is 0 Å². The zero-order valence-electron chi connectivity index (χ0n) is 10.3. The molecular formula is C13H23NO2. The number of rotatable bonds is 2. The summed E-state index contributed by atoms with van der Waals surface area (Å²) in [4.78, 5) is 14.1. The number of likely N-dealkylation sites (tertiary alicyclic amines) is 1. The van der Waals surface area contributed by atoms with E-state index < -0.39 is 0 Å². The van der Waals surface area contributed by atoms with Gasteiger partial charge in [0.2, 0.25) is 0 Å². The summed E-state index contributed by atoms with van der Waals surface area (Å²) in [5.41, 5.74) is 0. The molecule has 3 nitrogen and oxygen atoms in total. The molecule has 1 heterocycles. The molecule has 0 radical (unpaired) electrons. The van der Waals surface area contributed by atoms with E-state index >= 15 is 0 Å². The summed E-state index contributed by atoms with van der Waals surface area (Å²) in [6, 6.07) is 0.683. The lowest BCUT2D eigenvalue weighted by molar-refractivity contribution is -0.146. The van der Waals surface area contributed by atoms with Crippen molar-refractivity contribution in [3.63, 3.8) is 0 Å². The van der Waals surface area contributed by atoms with Crippen LogP contribution in [0.1, 0.15) is 51.4 Å². The summed E-state index contributed by atoms with van der Waals surface area (Å²) in [7, 11) is 1.51. The number of hydrogen-bond donors (Lipinski definition) is 0. The van der Waals surface area contributed by atoms with E-state index in [0.717, 1.165) is 19.4 Å². The molecule has 16 heavy (non-hydrogen) atoms. The highest BCUT2D eigenvalue weighted by Crippen LogP contribution is 2.28. The van der Waals surface area contributed by atoms with Crippen molar-refractivity contribution >= 4 is 5.97 Å². The molecule has 0 aromatic heterocycles. The topological polar surface area (TPSA) is 29.5 Å². The average molecular weight is 225 g/mol. The molecule has 2 aliphatic rings. The fraction of sp³-hybridized carbons (Fsp3) is 0.923. The monoisotopic (exact) mass is 225 g/mol. The minimum Gasteiger partial charge on any atom is -0.468 e. The number of ether oxygens (including phenoxy) is 1. The number of methoxy groups -OCH3 is 1. The predicted molar refractivity (Wildman–Crippen MR) is 63.2 cm³/mol. The predicted octanol–water partition coefficient (Wildman–Crippen LogP) is 2.35. The number of hydrogen-bond acceptors (Lipinski definition) is 3. The highest BCUT2D eigenvalue weighted by atomic mass is 16.5. The molecule has 2 rings (SSSR count). The third-order valence-electron chi connectivity index (χ3n) is 4.06. The zero-order chi connectivity index (χ0) is 11.4. The largest absolute Gasteiger partial charge is 0.468 e. The molecule has 0 aromatic rings. The highest BCUT2D eigenvalue weighted by Gasteiger charge is 2.35. The van der Waals surface area contributed by atoms with E-state index in [2.05, 4.69) is 4.90 Å². The Balaban J connectivity index is 1.97. The van der Waals surface area contributed by atoms with Gasteiger partial charge < -0.3 is 4.74 Å². The maximum Gasteiger partial charge on any atom is 0.323 e. The van der Waals surface area contributed by atoms with Crippen LogP contribution in [0.3, 0.4) is 0 Å². The van der Waals surface area contributed by atoms with Gasteiger partial charge in [0.15, 0.2) is 0 Å². The molecule has 1 aliphatic heterocycles. The standard InChI is InChI=1S/C13H23NO2/c1-16-13(15)12-9-6-10-14(12)11-7-4-2-3-5-8-11/h11-12H,2-10H2,1H3/t12-/m0/s1. The van der Waals surface area contributed by atoms with Crippen LogP contribution in [0.4, 0.5) is 0 Å². The van der Waals surface area contributed by atoms with Gasteiger partial charge in [-0.1, -0.05) is 25.7 Å². The fourth-order valence-electron chi connectivity index (χ4n) is 3.20. The molecule has 2 fully saturated rings. The average Bonchev–Trinajstić information content (AvgIpc) is 2.64. The Hall–Kier alpha value is -0.570. The van der Waals surface area contributed by atoms with Gasteiger partial charge in [-0.05, 0) is 32.2 Å². The van der Waals surface area contributed by atoms with Crippen LogP contribution in [0, 0.1) is 0 Å². The van der Waals surface area contributed by atoms with Crippen LogP contribution in [-0.2, 0) is 9.53 Å². The normalized spacial score (nSPS) is 28.9. The van der Waals surface area contributed by atoms with Crippen molar-refractivity contribution in [2.24, 2.45) is 0 Å². The maximum absolute atomic E-state index is 11.7. The molecule has 0 aromatic carbocycles. The smallest absolute Gasteiger partial charge is 0.323 e. The van der Waals surface area contributed by atoms with Gasteiger partial charge in [0.1, 0.15) is 6.04 Å². The van der Waals surface area contributed by atoms with Crippen molar-refractivity contribution < 1.29 is 9.53 Å². The third-order valence-corrected chi connectivity index (χ3v) is 4.06. The maximum atomic E-state index is 11.7. The lowest BCUT2D eigenvalue weighted by Crippen LogP contribution is -2.43. The molecule has 1 aliphatic carbocycles. The van der Waals surface area contributed by atoms with Crippen LogP contribution in [0.5, 0.6) is 0 Å². The van der Waals surface area contributed by atoms with Crippen molar-refractivity contribution in [1.82, 2.24) is 4.90 Å². The van der Waals surface area contributed by atoms with Crippen LogP contribution in [0.15, 0.2) is 0 Å². The van der Waals surface area contributed by atoms with Crippen LogP contribution in [0.2, 0.25) is 0 Å². The van der Waals surface area contributed by atoms with Crippen LogP contribution >= 0.6 is 0 Å². The first-order valence-electron chi connectivity index (χ1n) is 6.66. The number of carbonyl (C=O) groups excluding carboxylic acids is 1. The minimum atomic E-state index is -0.0262. The number of nitrogens with zero attached hydrogens (tertiary/aromatic N) is 1. The minimum absolute atomic E-state index is 0.0262. The Morgan fingerprint density at radius 2 is 1.75 bits per heavy atom. The summed E-state index contributed by atoms with van der Waals surface area (Å²) >= 11 is 0. The number of esters is 1. The third kappa shape index (κ3) is 2.57. The van der Waals surface area contributed by atoms with E-state index in [1.54, 1.807) is 0 Å². The zero-order valence-corrected chi connectivity index (χ0v) is 10.3. The first kappa shape index (κ1) is 11.9. The van der Waals surface area contributed by atoms with Crippen molar-refractivity contribution in [3.8, 4) is 0 Å². The van der Waals surface area contributed by atoms with Crippen LogP contribution in [0.25, 0.3) is 0 Å². The molecule has 1 saturated heterocycles. The van der Waals surface area contributed by atoms with Gasteiger partial charge in [-0.2, -0.15) is 0 Å². The Labute approximate surface area is 98.1 Å². The van der Waals surface area contributed by atoms with E-state index in [4.69, 9.17) is 4.74 Å². The second kappa shape index (κ2) is 5.67. The second-order valence-electron chi connectivity index (χ2n) is 5.06. The quantitative estimate of drug-likeness (QED) is 0.533. The van der Waals surface area contributed by atoms with E-state index in [-0.39, 0.29) is 12.0 Å². The van der Waals surface area contributed by atoms with Gasteiger partial charge in [-0.3, -0.25) is 9.69 Å². The van der Waals surface area contributed by atoms with Gasteiger partial charge in [-0.15, -0.1) is 0 Å². The molecular weight excluding hydrogens is 202 g/mol. The Kier molecular flexibility index (Phi) is 4.22. The SMILES string of the molecule is COC(=O)[C@@H]1CCCN1C1CCCCCC1. The highest BCUT2D eigenvalue weighted by molar-refractivity contribution is 5.76.